The number of benzene rings is 2. The van der Waals surface area contributed by atoms with Gasteiger partial charge in [-0.3, -0.25) is 4.98 Å². The Labute approximate surface area is 156 Å². The Balaban J connectivity index is 1.64. The van der Waals surface area contributed by atoms with Gasteiger partial charge in [-0.1, -0.05) is 58.0 Å². The lowest BCUT2D eigenvalue weighted by atomic mass is 9.47. The van der Waals surface area contributed by atoms with Gasteiger partial charge in [0, 0.05) is 17.1 Å². The highest BCUT2D eigenvalue weighted by atomic mass is 14.7. The van der Waals surface area contributed by atoms with E-state index in [9.17, 15) is 0 Å². The first-order valence-corrected chi connectivity index (χ1v) is 9.97. The van der Waals surface area contributed by atoms with Gasteiger partial charge in [-0.05, 0) is 70.2 Å². The number of hydrogen-bond acceptors (Lipinski definition) is 1. The molecule has 2 unspecified atom stereocenters. The van der Waals surface area contributed by atoms with E-state index >= 15 is 0 Å². The van der Waals surface area contributed by atoms with E-state index in [4.69, 9.17) is 4.98 Å². The first-order valence-electron chi connectivity index (χ1n) is 9.97. The molecule has 2 bridgehead atoms. The molecule has 0 radical (unpaired) electrons. The first-order chi connectivity index (χ1) is 12.4. The highest BCUT2D eigenvalue weighted by Crippen LogP contribution is 2.62. The smallest absolute Gasteiger partial charge is 0.0780 e. The number of pyridine rings is 1. The largest absolute Gasteiger partial charge is 0.256 e. The Morgan fingerprint density at radius 3 is 2.65 bits per heavy atom. The summed E-state index contributed by atoms with van der Waals surface area (Å²) >= 11 is 0. The maximum atomic E-state index is 4.77. The topological polar surface area (TPSA) is 12.9 Å². The summed E-state index contributed by atoms with van der Waals surface area (Å²) in [5, 5.41) is 2.56. The van der Waals surface area contributed by atoms with Crippen molar-refractivity contribution in [2.75, 3.05) is 0 Å². The molecule has 0 saturated heterocycles. The summed E-state index contributed by atoms with van der Waals surface area (Å²) in [6.07, 6.45) is 4.58. The average molecular weight is 341 g/mol. The number of nitrogens with zero attached hydrogens (tertiary/aromatic N) is 1. The Kier molecular flexibility index (Phi) is 3.35. The lowest BCUT2D eigenvalue weighted by molar-refractivity contribution is 0.0186. The van der Waals surface area contributed by atoms with Crippen molar-refractivity contribution in [1.82, 2.24) is 4.98 Å². The zero-order valence-corrected chi connectivity index (χ0v) is 16.2. The van der Waals surface area contributed by atoms with E-state index in [1.54, 1.807) is 11.1 Å². The van der Waals surface area contributed by atoms with E-state index in [1.165, 1.54) is 34.7 Å². The van der Waals surface area contributed by atoms with Crippen LogP contribution in [0.4, 0.5) is 0 Å². The van der Waals surface area contributed by atoms with Crippen LogP contribution in [0.15, 0.2) is 48.7 Å². The van der Waals surface area contributed by atoms with E-state index in [0.29, 0.717) is 11.3 Å². The Morgan fingerprint density at radius 1 is 1.04 bits per heavy atom. The van der Waals surface area contributed by atoms with Gasteiger partial charge < -0.3 is 0 Å². The maximum absolute atomic E-state index is 4.77. The molecule has 3 aliphatic rings. The molecular weight excluding hydrogens is 314 g/mol. The number of aromatic nitrogens is 1. The third-order valence-electron chi connectivity index (χ3n) is 7.19. The third kappa shape index (κ3) is 2.19. The fourth-order valence-corrected chi connectivity index (χ4v) is 5.19. The molecule has 0 amide bonds. The van der Waals surface area contributed by atoms with Crippen molar-refractivity contribution in [3.63, 3.8) is 0 Å². The molecule has 1 saturated carbocycles. The van der Waals surface area contributed by atoms with Crippen LogP contribution in [0.1, 0.15) is 62.6 Å². The molecule has 0 aliphatic heterocycles. The van der Waals surface area contributed by atoms with Gasteiger partial charge in [0.1, 0.15) is 0 Å². The first kappa shape index (κ1) is 16.1. The predicted molar refractivity (Wildman–Crippen MR) is 110 cm³/mol. The number of fused-ring (bicyclic) bond motifs is 1. The van der Waals surface area contributed by atoms with Crippen molar-refractivity contribution in [2.24, 2.45) is 11.3 Å². The van der Waals surface area contributed by atoms with Gasteiger partial charge in [0.25, 0.3) is 0 Å². The maximum Gasteiger partial charge on any atom is 0.0780 e. The lowest BCUT2D eigenvalue weighted by Crippen LogP contribution is -2.48. The van der Waals surface area contributed by atoms with Crippen molar-refractivity contribution in [3.8, 4) is 11.3 Å². The molecule has 1 nitrogen and oxygen atoms in total. The summed E-state index contributed by atoms with van der Waals surface area (Å²) in [6.45, 7) is 9.40. The van der Waals surface area contributed by atoms with Gasteiger partial charge in [0.2, 0.25) is 0 Å². The van der Waals surface area contributed by atoms with Crippen LogP contribution < -0.4 is 0 Å². The van der Waals surface area contributed by atoms with Gasteiger partial charge in [-0.15, -0.1) is 0 Å². The highest BCUT2D eigenvalue weighted by Gasteiger charge is 2.52. The second-order valence-corrected chi connectivity index (χ2v) is 9.22. The summed E-state index contributed by atoms with van der Waals surface area (Å²) in [4.78, 5) is 4.77. The van der Waals surface area contributed by atoms with Crippen molar-refractivity contribution < 1.29 is 0 Å². The fraction of sp³-hybridized carbons (Fsp3) is 0.400. The molecule has 0 N–H and O–H groups in total. The summed E-state index contributed by atoms with van der Waals surface area (Å²) in [5.74, 6) is 2.14. The minimum Gasteiger partial charge on any atom is -0.256 e. The molecule has 1 fully saturated rings. The Hall–Kier alpha value is -2.15. The molecule has 1 heterocycles. The van der Waals surface area contributed by atoms with E-state index in [0.717, 1.165) is 17.5 Å². The molecule has 2 atom stereocenters. The molecule has 132 valence electrons. The zero-order chi connectivity index (χ0) is 18.1. The van der Waals surface area contributed by atoms with Gasteiger partial charge in [-0.25, -0.2) is 0 Å². The van der Waals surface area contributed by atoms with Gasteiger partial charge in [0.05, 0.1) is 5.69 Å². The van der Waals surface area contributed by atoms with E-state index < -0.39 is 0 Å². The fourth-order valence-electron chi connectivity index (χ4n) is 5.19. The SMILES string of the molecule is CC(C)c1ccc2c(-c3ccc4c(c3)C3CC(C4)C3(C)C)nccc2c1. The summed E-state index contributed by atoms with van der Waals surface area (Å²) in [7, 11) is 0. The number of rotatable bonds is 2. The second-order valence-electron chi connectivity index (χ2n) is 9.22. The molecule has 1 aromatic heterocycles. The van der Waals surface area contributed by atoms with Crippen molar-refractivity contribution in [2.45, 2.75) is 52.4 Å². The van der Waals surface area contributed by atoms with Gasteiger partial charge >= 0.3 is 0 Å². The Bertz CT molecular complexity index is 1010. The van der Waals surface area contributed by atoms with Crippen molar-refractivity contribution in [1.29, 1.82) is 0 Å². The molecule has 6 rings (SSSR count). The molecule has 26 heavy (non-hydrogen) atoms. The summed E-state index contributed by atoms with van der Waals surface area (Å²) < 4.78 is 0. The van der Waals surface area contributed by atoms with Crippen LogP contribution in [0, 0.1) is 11.3 Å². The minimum absolute atomic E-state index is 0.462. The molecule has 2 aromatic carbocycles. The average Bonchev–Trinajstić information content (AvgIpc) is 2.65. The predicted octanol–water partition coefficient (Wildman–Crippen LogP) is 6.71. The number of hydrogen-bond donors (Lipinski definition) is 0. The van der Waals surface area contributed by atoms with Crippen LogP contribution in [0.3, 0.4) is 0 Å². The van der Waals surface area contributed by atoms with Crippen molar-refractivity contribution >= 4 is 10.8 Å². The summed E-state index contributed by atoms with van der Waals surface area (Å²) in [6, 6.07) is 16.1. The van der Waals surface area contributed by atoms with Crippen LogP contribution in [-0.2, 0) is 6.42 Å². The Morgan fingerprint density at radius 2 is 1.88 bits per heavy atom. The van der Waals surface area contributed by atoms with Crippen molar-refractivity contribution in [3.05, 3.63) is 65.4 Å². The molecule has 3 aromatic rings. The van der Waals surface area contributed by atoms with E-state index in [-0.39, 0.29) is 0 Å². The quantitative estimate of drug-likeness (QED) is 0.504. The molecular formula is C25H27N. The standard InChI is InChI=1S/C25H27N/c1-15(2)16-7-8-21-18(11-16)9-10-26-24(21)19-6-5-17-12-20-14-23(22(17)13-19)25(20,3)4/h5-11,13,15,20,23H,12,14H2,1-4H3. The normalized spacial score (nSPS) is 23.0. The molecule has 0 spiro atoms. The zero-order valence-electron chi connectivity index (χ0n) is 16.2. The van der Waals surface area contributed by atoms with Gasteiger partial charge in [0.15, 0.2) is 0 Å². The minimum atomic E-state index is 0.462. The highest BCUT2D eigenvalue weighted by molar-refractivity contribution is 5.95. The van der Waals surface area contributed by atoms with Gasteiger partial charge in [-0.2, -0.15) is 0 Å². The van der Waals surface area contributed by atoms with E-state index in [1.807, 2.05) is 6.20 Å². The third-order valence-corrected chi connectivity index (χ3v) is 7.19. The molecule has 1 heteroatoms. The van der Waals surface area contributed by atoms with Crippen LogP contribution in [0.5, 0.6) is 0 Å². The van der Waals surface area contributed by atoms with E-state index in [2.05, 4.69) is 70.2 Å². The lowest BCUT2D eigenvalue weighted by Gasteiger charge is -2.57. The van der Waals surface area contributed by atoms with Crippen LogP contribution >= 0.6 is 0 Å². The monoisotopic (exact) mass is 341 g/mol. The molecule has 3 aliphatic carbocycles. The van der Waals surface area contributed by atoms with Crippen LogP contribution in [0.25, 0.3) is 22.0 Å². The van der Waals surface area contributed by atoms with Crippen LogP contribution in [-0.4, -0.2) is 4.98 Å². The van der Waals surface area contributed by atoms with Crippen LogP contribution in [0.2, 0.25) is 0 Å². The second kappa shape index (κ2) is 5.42. The summed E-state index contributed by atoms with van der Waals surface area (Å²) in [5.41, 5.74) is 7.39.